The third-order valence-electron chi connectivity index (χ3n) is 13.7. The number of hydrogen-bond donors (Lipinski definition) is 9. The number of aliphatic carboxylic acids is 3. The average Bonchev–Trinajstić information content (AvgIpc) is 4.16. The average molecular weight is 1200 g/mol. The lowest BCUT2D eigenvalue weighted by Crippen LogP contribution is -2.51. The largest absolute Gasteiger partial charge is 0.484 e. The Labute approximate surface area is 494 Å². The molecule has 0 saturated carbocycles. The van der Waals surface area contributed by atoms with Crippen LogP contribution >= 0.6 is 0 Å². The molecule has 7 amide bonds. The Hall–Kier alpha value is -7.62. The first-order chi connectivity index (χ1) is 41.0. The molecule has 0 spiro atoms. The van der Waals surface area contributed by atoms with Crippen molar-refractivity contribution >= 4 is 70.2 Å². The van der Waals surface area contributed by atoms with Gasteiger partial charge in [-0.1, -0.05) is 6.92 Å². The molecule has 85 heavy (non-hydrogen) atoms. The Balaban J connectivity index is 1.12. The van der Waals surface area contributed by atoms with Gasteiger partial charge >= 0.3 is 17.9 Å². The minimum absolute atomic E-state index is 0.0125. The van der Waals surface area contributed by atoms with E-state index in [0.717, 1.165) is 6.42 Å². The molecule has 1 aromatic heterocycles. The number of nitrogens with zero attached hydrogens (tertiary/aromatic N) is 6. The van der Waals surface area contributed by atoms with E-state index >= 15 is 0 Å². The Morgan fingerprint density at radius 2 is 1.24 bits per heavy atom. The van der Waals surface area contributed by atoms with Crippen LogP contribution in [0, 0.1) is 11.3 Å². The molecule has 470 valence electrons. The Morgan fingerprint density at radius 3 is 1.85 bits per heavy atom. The highest BCUT2D eigenvalue weighted by Gasteiger charge is 2.30. The van der Waals surface area contributed by atoms with Gasteiger partial charge in [-0.05, 0) is 76.0 Å². The van der Waals surface area contributed by atoms with Crippen LogP contribution in [0.25, 0.3) is 10.9 Å². The van der Waals surface area contributed by atoms with Crippen molar-refractivity contribution in [3.05, 3.63) is 36.0 Å². The molecule has 3 atom stereocenters. The third-order valence-corrected chi connectivity index (χ3v) is 13.7. The van der Waals surface area contributed by atoms with Gasteiger partial charge in [-0.2, -0.15) is 5.26 Å². The van der Waals surface area contributed by atoms with Gasteiger partial charge in [0, 0.05) is 95.9 Å². The molecule has 0 bridgehead atoms. The second-order valence-electron chi connectivity index (χ2n) is 20.4. The van der Waals surface area contributed by atoms with Gasteiger partial charge in [-0.15, -0.1) is 0 Å². The second-order valence-corrected chi connectivity index (χ2v) is 20.4. The van der Waals surface area contributed by atoms with Gasteiger partial charge in [0.2, 0.25) is 29.5 Å². The number of carboxylic acid groups (broad SMARTS) is 3. The highest BCUT2D eigenvalue weighted by Crippen LogP contribution is 2.23. The monoisotopic (exact) mass is 1200 g/mol. The van der Waals surface area contributed by atoms with Crippen LogP contribution in [0.4, 0.5) is 0 Å². The van der Waals surface area contributed by atoms with Crippen LogP contribution in [0.15, 0.2) is 30.5 Å². The van der Waals surface area contributed by atoms with Gasteiger partial charge < -0.3 is 71.1 Å². The van der Waals surface area contributed by atoms with Gasteiger partial charge in [-0.3, -0.25) is 62.8 Å². The molecule has 29 nitrogen and oxygen atoms in total. The van der Waals surface area contributed by atoms with Crippen molar-refractivity contribution in [3.8, 4) is 11.8 Å². The highest BCUT2D eigenvalue weighted by molar-refractivity contribution is 6.07. The van der Waals surface area contributed by atoms with Gasteiger partial charge in [0.25, 0.3) is 11.8 Å². The maximum absolute atomic E-state index is 13.6. The van der Waals surface area contributed by atoms with E-state index in [4.69, 9.17) is 18.9 Å². The van der Waals surface area contributed by atoms with Gasteiger partial charge in [0.05, 0.1) is 83.0 Å². The molecule has 2 aliphatic rings. The number of unbranched alkanes of at least 4 members (excludes halogenated alkanes) is 2. The summed E-state index contributed by atoms with van der Waals surface area (Å²) in [7, 11) is 0. The van der Waals surface area contributed by atoms with Crippen LogP contribution in [-0.4, -0.2) is 255 Å². The van der Waals surface area contributed by atoms with Crippen LogP contribution in [-0.2, 0) is 57.4 Å². The second kappa shape index (κ2) is 39.8. The molecule has 0 unspecified atom stereocenters. The number of nitrogens with one attached hydrogen (secondary N) is 6. The molecule has 1 aromatic carbocycles. The van der Waals surface area contributed by atoms with Crippen molar-refractivity contribution in [3.63, 3.8) is 0 Å². The van der Waals surface area contributed by atoms with Crippen LogP contribution in [0.3, 0.4) is 0 Å². The van der Waals surface area contributed by atoms with Crippen molar-refractivity contribution < 1.29 is 82.2 Å². The molecular weight excluding hydrogens is 1110 g/mol. The van der Waals surface area contributed by atoms with Crippen molar-refractivity contribution in [2.24, 2.45) is 0 Å². The van der Waals surface area contributed by atoms with Crippen molar-refractivity contribution in [1.82, 2.24) is 56.5 Å². The number of pyridine rings is 1. The third kappa shape index (κ3) is 28.2. The first kappa shape index (κ1) is 69.9. The lowest BCUT2D eigenvalue weighted by Gasteiger charge is -2.24. The zero-order chi connectivity index (χ0) is 61.8. The number of likely N-dealkylation sites (tertiary alicyclic amines) is 1. The van der Waals surface area contributed by atoms with Crippen molar-refractivity contribution in [2.45, 2.75) is 95.7 Å². The molecule has 2 fully saturated rings. The summed E-state index contributed by atoms with van der Waals surface area (Å²) in [5.74, 6) is -5.77. The summed E-state index contributed by atoms with van der Waals surface area (Å²) in [4.78, 5) is 136. The molecule has 2 saturated heterocycles. The molecule has 0 aliphatic carbocycles. The first-order valence-electron chi connectivity index (χ1n) is 28.9. The number of rotatable bonds is 40. The number of ether oxygens (including phenoxy) is 4. The number of hydrogen-bond acceptors (Lipinski definition) is 19. The summed E-state index contributed by atoms with van der Waals surface area (Å²) < 4.78 is 22.3. The topological polar surface area (TPSA) is 390 Å². The SMILES string of the molecule is CCCC(=O)NCCCC[C@H](NC(=O)[C@H](CCCCNC(=O)CN1CCN(CC(=O)O)CCN(CC(=O)O)CC1)NC(=O)CCOCCOCCOCCNC(=O)COc1ccc2c(C(=O)NCC(=O)N3CCC[C@H]3C#N)ccnc2c1)C(=O)O. The van der Waals surface area contributed by atoms with E-state index in [2.05, 4.69) is 43.0 Å². The highest BCUT2D eigenvalue weighted by atomic mass is 16.5. The predicted octanol–water partition coefficient (Wildman–Crippen LogP) is -1.07. The molecule has 29 heteroatoms. The number of benzene rings is 1. The summed E-state index contributed by atoms with van der Waals surface area (Å²) in [6, 6.07) is 5.61. The summed E-state index contributed by atoms with van der Waals surface area (Å²) in [6.45, 7) is 5.29. The van der Waals surface area contributed by atoms with E-state index in [1.165, 1.54) is 17.2 Å². The van der Waals surface area contributed by atoms with Crippen molar-refractivity contribution in [2.75, 3.05) is 138 Å². The fourth-order valence-electron chi connectivity index (χ4n) is 9.22. The van der Waals surface area contributed by atoms with E-state index in [1.54, 1.807) is 28.0 Å². The zero-order valence-corrected chi connectivity index (χ0v) is 48.5. The number of amides is 7. The maximum atomic E-state index is 13.6. The fraction of sp³-hybridized carbons (Fsp3) is 0.643. The summed E-state index contributed by atoms with van der Waals surface area (Å²) in [5.41, 5.74) is 0.741. The Morgan fingerprint density at radius 1 is 0.647 bits per heavy atom. The summed E-state index contributed by atoms with van der Waals surface area (Å²) >= 11 is 0. The van der Waals surface area contributed by atoms with Crippen molar-refractivity contribution in [1.29, 1.82) is 5.26 Å². The van der Waals surface area contributed by atoms with Crippen LogP contribution in [0.1, 0.15) is 87.9 Å². The number of carbonyl (C=O) groups excluding carboxylic acids is 7. The molecule has 0 radical (unpaired) electrons. The number of fused-ring (bicyclic) bond motifs is 1. The normalized spacial score (nSPS) is 15.7. The van der Waals surface area contributed by atoms with E-state index in [0.29, 0.717) is 120 Å². The number of carbonyl (C=O) groups is 10. The first-order valence-corrected chi connectivity index (χ1v) is 28.9. The van der Waals surface area contributed by atoms with Crippen LogP contribution < -0.4 is 36.6 Å². The summed E-state index contributed by atoms with van der Waals surface area (Å²) in [5, 5.41) is 54.6. The number of aromatic nitrogens is 1. The molecular formula is C56H84N12O17. The molecule has 4 rings (SSSR count). The minimum Gasteiger partial charge on any atom is -0.484 e. The van der Waals surface area contributed by atoms with E-state index in [9.17, 15) is 68.5 Å². The number of carboxylic acids is 3. The van der Waals surface area contributed by atoms with E-state index in [1.807, 2.05) is 11.8 Å². The quantitative estimate of drug-likeness (QED) is 0.0359. The Bertz CT molecular complexity index is 2530. The zero-order valence-electron chi connectivity index (χ0n) is 48.5. The molecule has 2 aromatic rings. The van der Waals surface area contributed by atoms with Crippen LogP contribution in [0.5, 0.6) is 5.75 Å². The lowest BCUT2D eigenvalue weighted by atomic mass is 10.1. The maximum Gasteiger partial charge on any atom is 0.326 e. The smallest absolute Gasteiger partial charge is 0.326 e. The van der Waals surface area contributed by atoms with Crippen LogP contribution in [0.2, 0.25) is 0 Å². The van der Waals surface area contributed by atoms with Gasteiger partial charge in [0.1, 0.15) is 23.9 Å². The number of nitriles is 1. The minimum atomic E-state index is -1.26. The van der Waals surface area contributed by atoms with Gasteiger partial charge in [-0.25, -0.2) is 4.79 Å². The molecule has 9 N–H and O–H groups in total. The van der Waals surface area contributed by atoms with E-state index in [-0.39, 0.29) is 123 Å². The van der Waals surface area contributed by atoms with Gasteiger partial charge in [0.15, 0.2) is 6.61 Å². The molecule has 2 aliphatic heterocycles. The lowest BCUT2D eigenvalue weighted by molar-refractivity contribution is -0.142. The fourth-order valence-corrected chi connectivity index (χ4v) is 9.22. The molecule has 3 heterocycles. The Kier molecular flexibility index (Phi) is 32.7. The van der Waals surface area contributed by atoms with E-state index < -0.39 is 59.7 Å². The predicted molar refractivity (Wildman–Crippen MR) is 305 cm³/mol. The summed E-state index contributed by atoms with van der Waals surface area (Å²) in [6.07, 6.45) is 5.59. The standard InChI is InChI=1S/C56H84N12O17/c1-2-8-47(69)59-16-6-4-11-45(56(80)81)64-55(79)44(10-3-5-17-60-49(71)36-65-21-23-66(37-52(74)75)25-26-67(24-22-65)38-53(76)77)63-48(70)15-27-82-29-31-84-32-30-83-28-19-61-50(72)39-85-41-12-13-42-43(14-18-58-46(42)33-41)54(78)62-35-51(73)68-20-7-9-40(68)34-57/h12-14,18,33,40,44-45H,2-11,15-17,19-32,35-39H2,1H3,(H,59,69)(H,60,71)(H,61,72)(H,62,78)(H,63,70)(H,64,79)(H,74,75)(H,76,77)(H,80,81)/t40-,44-,45-/m0/s1.